The number of carbonyl (C=O) groups excluding carboxylic acids is 4. The molecule has 0 spiro atoms. The summed E-state index contributed by atoms with van der Waals surface area (Å²) in [4.78, 5) is 46.0. The molecule has 0 rings (SSSR count). The molecule has 0 aromatic heterocycles. The SMILES string of the molecule is C=CCOC(=O)CCC(=O)C(COCC)P(=O)(OC)OC.C=CCOC(=O)CCC(=O)CP(=O)(OC)OC. The number of hydrogen-bond acceptors (Lipinski definition) is 13. The van der Waals surface area contributed by atoms with Crippen LogP contribution in [0.4, 0.5) is 0 Å². The van der Waals surface area contributed by atoms with Crippen molar-refractivity contribution in [2.45, 2.75) is 38.3 Å². The van der Waals surface area contributed by atoms with Gasteiger partial charge in [-0.05, 0) is 6.92 Å². The molecule has 0 aliphatic heterocycles. The first-order chi connectivity index (χ1) is 17.9. The van der Waals surface area contributed by atoms with Crippen LogP contribution >= 0.6 is 15.2 Å². The Morgan fingerprint density at radius 3 is 1.63 bits per heavy atom. The lowest BCUT2D eigenvalue weighted by Gasteiger charge is -2.22. The van der Waals surface area contributed by atoms with Crippen LogP contribution in [-0.4, -0.2) is 90.2 Å². The Morgan fingerprint density at radius 1 is 0.763 bits per heavy atom. The largest absolute Gasteiger partial charge is 0.461 e. The van der Waals surface area contributed by atoms with E-state index >= 15 is 0 Å². The van der Waals surface area contributed by atoms with Crippen LogP contribution in [0, 0.1) is 0 Å². The van der Waals surface area contributed by atoms with Crippen molar-refractivity contribution >= 4 is 38.7 Å². The molecule has 13 nitrogen and oxygen atoms in total. The second-order valence-electron chi connectivity index (χ2n) is 7.16. The highest BCUT2D eigenvalue weighted by molar-refractivity contribution is 7.55. The Hall–Kier alpha value is -1.98. The lowest BCUT2D eigenvalue weighted by atomic mass is 10.1. The van der Waals surface area contributed by atoms with Crippen LogP contribution in [0.1, 0.15) is 32.6 Å². The van der Waals surface area contributed by atoms with E-state index in [1.54, 1.807) is 6.92 Å². The Labute approximate surface area is 224 Å². The smallest absolute Gasteiger partial charge is 0.342 e. The maximum Gasteiger partial charge on any atom is 0.342 e. The van der Waals surface area contributed by atoms with E-state index in [0.717, 1.165) is 0 Å². The fourth-order valence-corrected chi connectivity index (χ4v) is 4.92. The maximum absolute atomic E-state index is 12.3. The fraction of sp³-hybridized carbons (Fsp3) is 0.652. The first kappa shape index (κ1) is 38.2. The molecule has 0 aromatic carbocycles. The molecule has 0 amide bonds. The quantitative estimate of drug-likeness (QED) is 0.109. The minimum absolute atomic E-state index is 0.0489. The van der Waals surface area contributed by atoms with E-state index in [4.69, 9.17) is 18.5 Å². The summed E-state index contributed by atoms with van der Waals surface area (Å²) >= 11 is 0. The average molecular weight is 587 g/mol. The van der Waals surface area contributed by atoms with E-state index in [-0.39, 0.29) is 57.4 Å². The summed E-state index contributed by atoms with van der Waals surface area (Å²) in [6, 6.07) is 0. The monoisotopic (exact) mass is 586 g/mol. The van der Waals surface area contributed by atoms with Gasteiger partial charge >= 0.3 is 27.1 Å². The molecule has 0 radical (unpaired) electrons. The zero-order valence-electron chi connectivity index (χ0n) is 22.7. The van der Waals surface area contributed by atoms with E-state index < -0.39 is 38.6 Å². The van der Waals surface area contributed by atoms with Gasteiger partial charge in [0.15, 0.2) is 5.78 Å². The predicted molar refractivity (Wildman–Crippen MR) is 139 cm³/mol. The van der Waals surface area contributed by atoms with Gasteiger partial charge < -0.3 is 32.3 Å². The molecule has 1 unspecified atom stereocenters. The van der Waals surface area contributed by atoms with Gasteiger partial charge in [0.2, 0.25) is 0 Å². The lowest BCUT2D eigenvalue weighted by Crippen LogP contribution is -2.28. The predicted octanol–water partition coefficient (Wildman–Crippen LogP) is 3.51. The van der Waals surface area contributed by atoms with Crippen LogP contribution in [-0.2, 0) is 60.6 Å². The molecule has 220 valence electrons. The highest BCUT2D eigenvalue weighted by atomic mass is 31.2. The molecule has 0 saturated carbocycles. The second-order valence-corrected chi connectivity index (χ2v) is 11.9. The molecule has 0 saturated heterocycles. The van der Waals surface area contributed by atoms with Crippen LogP contribution in [0.5, 0.6) is 0 Å². The molecule has 0 bridgehead atoms. The van der Waals surface area contributed by atoms with Crippen LogP contribution < -0.4 is 0 Å². The summed E-state index contributed by atoms with van der Waals surface area (Å²) in [7, 11) is -2.12. The van der Waals surface area contributed by atoms with E-state index in [0.29, 0.717) is 6.61 Å². The van der Waals surface area contributed by atoms with E-state index in [1.807, 2.05) is 0 Å². The van der Waals surface area contributed by atoms with Crippen molar-refractivity contribution in [3.63, 3.8) is 0 Å². The van der Waals surface area contributed by atoms with Crippen LogP contribution in [0.25, 0.3) is 0 Å². The van der Waals surface area contributed by atoms with Crippen molar-refractivity contribution in [3.8, 4) is 0 Å². The third-order valence-corrected chi connectivity index (χ3v) is 8.65. The topological polar surface area (TPSA) is 167 Å². The number of carbonyl (C=O) groups is 4. The number of rotatable bonds is 21. The van der Waals surface area contributed by atoms with Gasteiger partial charge in [-0.1, -0.05) is 25.3 Å². The van der Waals surface area contributed by atoms with Crippen molar-refractivity contribution in [1.82, 2.24) is 0 Å². The molecule has 38 heavy (non-hydrogen) atoms. The van der Waals surface area contributed by atoms with Gasteiger partial charge in [0, 0.05) is 47.9 Å². The van der Waals surface area contributed by atoms with E-state index in [1.165, 1.54) is 40.6 Å². The number of esters is 2. The number of hydrogen-bond donors (Lipinski definition) is 0. The summed E-state index contributed by atoms with van der Waals surface area (Å²) in [5, 5.41) is 0. The summed E-state index contributed by atoms with van der Waals surface area (Å²) in [5.74, 6) is -1.82. The summed E-state index contributed by atoms with van der Waals surface area (Å²) in [6.07, 6.45) is 2.19. The third kappa shape index (κ3) is 16.8. The van der Waals surface area contributed by atoms with Gasteiger partial charge in [-0.3, -0.25) is 28.3 Å². The zero-order valence-corrected chi connectivity index (χ0v) is 24.5. The highest BCUT2D eigenvalue weighted by Crippen LogP contribution is 2.52. The molecule has 1 atom stereocenters. The van der Waals surface area contributed by atoms with Crippen LogP contribution in [0.15, 0.2) is 25.3 Å². The van der Waals surface area contributed by atoms with Gasteiger partial charge in [-0.25, -0.2) is 0 Å². The standard InChI is InChI=1S/C13H23O7P.C10H17O6P/c1-5-9-20-13(15)8-7-11(14)12(10-19-6-2)21(16,17-3)18-4;1-4-7-16-10(12)6-5-9(11)8-17(13,14-2)15-3/h5,12H,1,6-10H2,2-4H3;4H,1,5-8H2,2-3H3. The number of ketones is 2. The average Bonchev–Trinajstić information content (AvgIpc) is 2.92. The van der Waals surface area contributed by atoms with Crippen molar-refractivity contribution in [2.24, 2.45) is 0 Å². The molecule has 0 aliphatic carbocycles. The number of Topliss-reactive ketones (excluding diaryl/α,β-unsaturated/α-hetero) is 2. The highest BCUT2D eigenvalue weighted by Gasteiger charge is 2.39. The summed E-state index contributed by atoms with van der Waals surface area (Å²) < 4.78 is 57.4. The van der Waals surface area contributed by atoms with Crippen LogP contribution in [0.3, 0.4) is 0 Å². The van der Waals surface area contributed by atoms with Crippen molar-refractivity contribution in [3.05, 3.63) is 25.3 Å². The van der Waals surface area contributed by atoms with Crippen molar-refractivity contribution < 1.29 is 60.6 Å². The maximum atomic E-state index is 12.3. The minimum Gasteiger partial charge on any atom is -0.461 e. The second kappa shape index (κ2) is 21.9. The normalized spacial score (nSPS) is 11.9. The molecule has 0 heterocycles. The summed E-state index contributed by atoms with van der Waals surface area (Å²) in [6.45, 7) is 9.02. The van der Waals surface area contributed by atoms with E-state index in [2.05, 4.69) is 26.9 Å². The van der Waals surface area contributed by atoms with Gasteiger partial charge in [-0.15, -0.1) is 0 Å². The minimum atomic E-state index is -3.60. The molecular weight excluding hydrogens is 546 g/mol. The van der Waals surface area contributed by atoms with Crippen molar-refractivity contribution in [2.75, 3.05) is 61.0 Å². The molecular formula is C23H40O13P2. The first-order valence-corrected chi connectivity index (χ1v) is 14.8. The molecule has 0 aliphatic rings. The Morgan fingerprint density at radius 2 is 1.24 bits per heavy atom. The van der Waals surface area contributed by atoms with Gasteiger partial charge in [-0.2, -0.15) is 0 Å². The lowest BCUT2D eigenvalue weighted by molar-refractivity contribution is -0.144. The van der Waals surface area contributed by atoms with Gasteiger partial charge in [0.1, 0.15) is 30.8 Å². The Bertz CT molecular complexity index is 840. The van der Waals surface area contributed by atoms with Gasteiger partial charge in [0.25, 0.3) is 0 Å². The fourth-order valence-electron chi connectivity index (χ4n) is 2.50. The summed E-state index contributed by atoms with van der Waals surface area (Å²) in [5.41, 5.74) is -1.06. The molecule has 0 aromatic rings. The first-order valence-electron chi connectivity index (χ1n) is 11.5. The molecule has 0 N–H and O–H groups in total. The molecule has 15 heteroatoms. The zero-order chi connectivity index (χ0) is 29.6. The third-order valence-electron chi connectivity index (χ3n) is 4.58. The Balaban J connectivity index is 0. The Kier molecular flexibility index (Phi) is 22.0. The van der Waals surface area contributed by atoms with Crippen molar-refractivity contribution in [1.29, 1.82) is 0 Å². The van der Waals surface area contributed by atoms with E-state index in [9.17, 15) is 28.3 Å². The number of ether oxygens (including phenoxy) is 3. The van der Waals surface area contributed by atoms with Gasteiger partial charge in [0.05, 0.1) is 19.4 Å². The molecule has 0 fully saturated rings. The van der Waals surface area contributed by atoms with Crippen LogP contribution in [0.2, 0.25) is 0 Å².